The summed E-state index contributed by atoms with van der Waals surface area (Å²) in [5, 5.41) is 11.4. The Kier molecular flexibility index (Phi) is 4.22. The van der Waals surface area contributed by atoms with Crippen LogP contribution < -0.4 is 5.32 Å². The lowest BCUT2D eigenvalue weighted by atomic mass is 10.2. The molecule has 1 aliphatic carbocycles. The maximum atomic E-state index is 13.5. The van der Waals surface area contributed by atoms with Crippen molar-refractivity contribution in [2.24, 2.45) is 0 Å². The summed E-state index contributed by atoms with van der Waals surface area (Å²) in [7, 11) is 0. The van der Waals surface area contributed by atoms with E-state index in [1.807, 2.05) is 6.92 Å². The van der Waals surface area contributed by atoms with Gasteiger partial charge in [-0.3, -0.25) is 0 Å². The van der Waals surface area contributed by atoms with Gasteiger partial charge in [-0.25, -0.2) is 14.0 Å². The summed E-state index contributed by atoms with van der Waals surface area (Å²) in [6.45, 7) is 2.65. The van der Waals surface area contributed by atoms with Crippen LogP contribution in [-0.4, -0.2) is 34.6 Å². The highest BCUT2D eigenvalue weighted by molar-refractivity contribution is 5.92. The number of hydrogen-bond donors (Lipinski definition) is 2. The number of carbonyl (C=O) groups is 2. The van der Waals surface area contributed by atoms with E-state index in [0.29, 0.717) is 6.54 Å². The molecule has 0 heterocycles. The predicted octanol–water partition coefficient (Wildman–Crippen LogP) is 2.93. The van der Waals surface area contributed by atoms with E-state index in [2.05, 4.69) is 5.32 Å². The fourth-order valence-electron chi connectivity index (χ4n) is 2.04. The molecule has 2 N–H and O–H groups in total. The summed E-state index contributed by atoms with van der Waals surface area (Å²) in [4.78, 5) is 24.5. The van der Waals surface area contributed by atoms with E-state index in [1.54, 1.807) is 4.90 Å². The zero-order valence-electron chi connectivity index (χ0n) is 11.2. The van der Waals surface area contributed by atoms with Crippen molar-refractivity contribution in [3.05, 3.63) is 29.6 Å². The molecule has 2 amide bonds. The van der Waals surface area contributed by atoms with Crippen LogP contribution in [0.4, 0.5) is 14.9 Å². The van der Waals surface area contributed by atoms with Gasteiger partial charge in [0.05, 0.1) is 5.56 Å². The fourth-order valence-corrected chi connectivity index (χ4v) is 2.04. The number of hydrogen-bond acceptors (Lipinski definition) is 2. The molecule has 108 valence electrons. The lowest BCUT2D eigenvalue weighted by Gasteiger charge is -2.22. The summed E-state index contributed by atoms with van der Waals surface area (Å²) >= 11 is 0. The monoisotopic (exact) mass is 280 g/mol. The molecule has 0 atom stereocenters. The van der Waals surface area contributed by atoms with Crippen LogP contribution in [0, 0.1) is 5.82 Å². The molecule has 1 aromatic rings. The quantitative estimate of drug-likeness (QED) is 0.871. The van der Waals surface area contributed by atoms with Crippen LogP contribution in [0.2, 0.25) is 0 Å². The smallest absolute Gasteiger partial charge is 0.338 e. The number of anilines is 1. The molecule has 2 rings (SSSR count). The van der Waals surface area contributed by atoms with Gasteiger partial charge in [-0.15, -0.1) is 0 Å². The number of nitrogens with one attached hydrogen (secondary N) is 1. The van der Waals surface area contributed by atoms with E-state index in [9.17, 15) is 14.0 Å². The molecule has 20 heavy (non-hydrogen) atoms. The SMILES string of the molecule is CCCN(C(=O)Nc1ccc(C(=O)O)c(F)c1)C1CC1. The number of amides is 2. The Labute approximate surface area is 116 Å². The standard InChI is InChI=1S/C14H17FN2O3/c1-2-7-17(10-4-5-10)14(20)16-9-3-6-11(13(18)19)12(15)8-9/h3,6,8,10H,2,4-5,7H2,1H3,(H,16,20)(H,18,19). The summed E-state index contributed by atoms with van der Waals surface area (Å²) in [6.07, 6.45) is 2.86. The van der Waals surface area contributed by atoms with E-state index in [4.69, 9.17) is 5.11 Å². The minimum atomic E-state index is -1.33. The zero-order valence-corrected chi connectivity index (χ0v) is 11.2. The van der Waals surface area contributed by atoms with Crippen LogP contribution in [0.3, 0.4) is 0 Å². The van der Waals surface area contributed by atoms with Crippen molar-refractivity contribution in [2.45, 2.75) is 32.2 Å². The van der Waals surface area contributed by atoms with E-state index < -0.39 is 17.3 Å². The molecule has 1 aromatic carbocycles. The average molecular weight is 280 g/mol. The maximum Gasteiger partial charge on any atom is 0.338 e. The lowest BCUT2D eigenvalue weighted by molar-refractivity contribution is 0.0692. The first kappa shape index (κ1) is 14.3. The molecule has 0 radical (unpaired) electrons. The van der Waals surface area contributed by atoms with Crippen molar-refractivity contribution in [1.29, 1.82) is 0 Å². The summed E-state index contributed by atoms with van der Waals surface area (Å²) in [5.41, 5.74) is -0.144. The second-order valence-corrected chi connectivity index (χ2v) is 4.85. The highest BCUT2D eigenvalue weighted by Crippen LogP contribution is 2.27. The Morgan fingerprint density at radius 1 is 1.45 bits per heavy atom. The molecular formula is C14H17FN2O3. The second-order valence-electron chi connectivity index (χ2n) is 4.85. The fraction of sp³-hybridized carbons (Fsp3) is 0.429. The topological polar surface area (TPSA) is 69.6 Å². The molecule has 5 nitrogen and oxygen atoms in total. The normalized spacial score (nSPS) is 13.9. The summed E-state index contributed by atoms with van der Waals surface area (Å²) in [6, 6.07) is 3.57. The molecular weight excluding hydrogens is 263 g/mol. The van der Waals surface area contributed by atoms with Crippen LogP contribution in [0.5, 0.6) is 0 Å². The van der Waals surface area contributed by atoms with Crippen LogP contribution in [0.15, 0.2) is 18.2 Å². The Hall–Kier alpha value is -2.11. The van der Waals surface area contributed by atoms with Gasteiger partial charge in [0.1, 0.15) is 5.82 Å². The lowest BCUT2D eigenvalue weighted by Crippen LogP contribution is -2.37. The Balaban J connectivity index is 2.07. The third-order valence-electron chi connectivity index (χ3n) is 3.16. The van der Waals surface area contributed by atoms with E-state index in [1.165, 1.54) is 6.07 Å². The first-order valence-electron chi connectivity index (χ1n) is 6.63. The molecule has 0 aliphatic heterocycles. The molecule has 0 aromatic heterocycles. The number of halogens is 1. The maximum absolute atomic E-state index is 13.5. The van der Waals surface area contributed by atoms with Crippen LogP contribution >= 0.6 is 0 Å². The number of urea groups is 1. The first-order valence-corrected chi connectivity index (χ1v) is 6.63. The molecule has 0 spiro atoms. The molecule has 0 saturated heterocycles. The number of nitrogens with zero attached hydrogens (tertiary/aromatic N) is 1. The van der Waals surface area contributed by atoms with Gasteiger partial charge in [-0.1, -0.05) is 6.92 Å². The van der Waals surface area contributed by atoms with Crippen molar-refractivity contribution >= 4 is 17.7 Å². The third-order valence-corrected chi connectivity index (χ3v) is 3.16. The first-order chi connectivity index (χ1) is 9.52. The van der Waals surface area contributed by atoms with Crippen LogP contribution in [0.1, 0.15) is 36.5 Å². The number of aromatic carboxylic acids is 1. The second kappa shape index (κ2) is 5.90. The van der Waals surface area contributed by atoms with Gasteiger partial charge >= 0.3 is 12.0 Å². The minimum absolute atomic E-state index is 0.263. The van der Waals surface area contributed by atoms with Gasteiger partial charge in [0, 0.05) is 18.3 Å². The minimum Gasteiger partial charge on any atom is -0.478 e. The largest absolute Gasteiger partial charge is 0.478 e. The van der Waals surface area contributed by atoms with E-state index in [-0.39, 0.29) is 17.8 Å². The van der Waals surface area contributed by atoms with E-state index >= 15 is 0 Å². The highest BCUT2D eigenvalue weighted by Gasteiger charge is 2.31. The van der Waals surface area contributed by atoms with Crippen molar-refractivity contribution in [3.8, 4) is 0 Å². The van der Waals surface area contributed by atoms with Gasteiger partial charge in [0.2, 0.25) is 0 Å². The highest BCUT2D eigenvalue weighted by atomic mass is 19.1. The van der Waals surface area contributed by atoms with Gasteiger partial charge in [0.25, 0.3) is 0 Å². The average Bonchev–Trinajstić information content (AvgIpc) is 3.19. The molecule has 1 saturated carbocycles. The molecule has 1 fully saturated rings. The summed E-state index contributed by atoms with van der Waals surface area (Å²) in [5.74, 6) is -2.19. The predicted molar refractivity (Wildman–Crippen MR) is 72.4 cm³/mol. The number of carboxylic acid groups (broad SMARTS) is 1. The third kappa shape index (κ3) is 3.26. The van der Waals surface area contributed by atoms with E-state index in [0.717, 1.165) is 31.4 Å². The summed E-state index contributed by atoms with van der Waals surface area (Å²) < 4.78 is 13.5. The molecule has 6 heteroatoms. The Morgan fingerprint density at radius 3 is 2.65 bits per heavy atom. The van der Waals surface area contributed by atoms with Crippen molar-refractivity contribution in [3.63, 3.8) is 0 Å². The molecule has 0 unspecified atom stereocenters. The van der Waals surface area contributed by atoms with Gasteiger partial charge < -0.3 is 15.3 Å². The molecule has 1 aliphatic rings. The number of carboxylic acids is 1. The van der Waals surface area contributed by atoms with Gasteiger partial charge in [0.15, 0.2) is 0 Å². The Bertz CT molecular complexity index is 529. The number of rotatable bonds is 5. The van der Waals surface area contributed by atoms with Crippen LogP contribution in [0.25, 0.3) is 0 Å². The van der Waals surface area contributed by atoms with Crippen LogP contribution in [-0.2, 0) is 0 Å². The number of carbonyl (C=O) groups excluding carboxylic acids is 1. The zero-order chi connectivity index (χ0) is 14.7. The van der Waals surface area contributed by atoms with Crippen molar-refractivity contribution in [2.75, 3.05) is 11.9 Å². The Morgan fingerprint density at radius 2 is 2.15 bits per heavy atom. The molecule has 0 bridgehead atoms. The van der Waals surface area contributed by atoms with Gasteiger partial charge in [-0.2, -0.15) is 0 Å². The van der Waals surface area contributed by atoms with Gasteiger partial charge in [-0.05, 0) is 37.5 Å². The van der Waals surface area contributed by atoms with Crippen molar-refractivity contribution in [1.82, 2.24) is 4.90 Å². The number of benzene rings is 1. The van der Waals surface area contributed by atoms with Crippen molar-refractivity contribution < 1.29 is 19.1 Å².